The highest BCUT2D eigenvalue weighted by molar-refractivity contribution is 6.03. The summed E-state index contributed by atoms with van der Waals surface area (Å²) in [6.07, 6.45) is 1.96. The SMILES string of the molecule is COC(=O)C1=C(C)NC2=C(C(=O)CCC2)C1c1ccc(C(=O)O)cc1. The molecular formula is C19H19NO5. The second kappa shape index (κ2) is 6.55. The van der Waals surface area contributed by atoms with Gasteiger partial charge in [-0.25, -0.2) is 9.59 Å². The fraction of sp³-hybridized carbons (Fsp3) is 0.316. The number of carbonyl (C=O) groups excluding carboxylic acids is 2. The van der Waals surface area contributed by atoms with Crippen molar-refractivity contribution in [3.8, 4) is 0 Å². The molecule has 0 amide bonds. The van der Waals surface area contributed by atoms with Gasteiger partial charge < -0.3 is 15.2 Å². The van der Waals surface area contributed by atoms with Crippen molar-refractivity contribution in [1.82, 2.24) is 5.32 Å². The van der Waals surface area contributed by atoms with Crippen LogP contribution in [0.15, 0.2) is 46.8 Å². The van der Waals surface area contributed by atoms with E-state index < -0.39 is 17.9 Å². The minimum Gasteiger partial charge on any atom is -0.478 e. The quantitative estimate of drug-likeness (QED) is 0.821. The number of benzene rings is 1. The number of aromatic carboxylic acids is 1. The lowest BCUT2D eigenvalue weighted by Crippen LogP contribution is -2.34. The van der Waals surface area contributed by atoms with Crippen molar-refractivity contribution in [3.05, 3.63) is 57.9 Å². The second-order valence-corrected chi connectivity index (χ2v) is 6.18. The maximum absolute atomic E-state index is 12.6. The van der Waals surface area contributed by atoms with Gasteiger partial charge in [-0.05, 0) is 37.5 Å². The summed E-state index contributed by atoms with van der Waals surface area (Å²) in [4.78, 5) is 36.0. The van der Waals surface area contributed by atoms with Gasteiger partial charge in [0.25, 0.3) is 0 Å². The van der Waals surface area contributed by atoms with Crippen LogP contribution in [0, 0.1) is 0 Å². The van der Waals surface area contributed by atoms with Crippen molar-refractivity contribution in [2.75, 3.05) is 7.11 Å². The highest BCUT2D eigenvalue weighted by Crippen LogP contribution is 2.42. The third kappa shape index (κ3) is 2.95. The molecule has 130 valence electrons. The molecule has 0 saturated heterocycles. The minimum absolute atomic E-state index is 0.00923. The third-order valence-corrected chi connectivity index (χ3v) is 4.67. The van der Waals surface area contributed by atoms with Gasteiger partial charge in [0.1, 0.15) is 0 Å². The Balaban J connectivity index is 2.15. The molecule has 0 bridgehead atoms. The topological polar surface area (TPSA) is 92.7 Å². The van der Waals surface area contributed by atoms with Gasteiger partial charge in [0.05, 0.1) is 18.2 Å². The van der Waals surface area contributed by atoms with Crippen LogP contribution in [0.1, 0.15) is 48.0 Å². The average molecular weight is 341 g/mol. The number of dihydropyridines is 1. The number of hydrogen-bond donors (Lipinski definition) is 2. The highest BCUT2D eigenvalue weighted by Gasteiger charge is 2.38. The molecule has 1 aliphatic carbocycles. The minimum atomic E-state index is -1.02. The Bertz CT molecular complexity index is 817. The number of carboxylic acid groups (broad SMARTS) is 1. The summed E-state index contributed by atoms with van der Waals surface area (Å²) in [6.45, 7) is 1.79. The van der Waals surface area contributed by atoms with Crippen LogP contribution in [0.2, 0.25) is 0 Å². The molecular weight excluding hydrogens is 322 g/mol. The molecule has 0 aromatic heterocycles. The number of rotatable bonds is 3. The number of ketones is 1. The number of nitrogens with one attached hydrogen (secondary N) is 1. The molecule has 2 N–H and O–H groups in total. The Morgan fingerprint density at radius 3 is 2.48 bits per heavy atom. The normalized spacial score (nSPS) is 20.1. The number of carbonyl (C=O) groups is 3. The fourth-order valence-corrected chi connectivity index (χ4v) is 3.52. The molecule has 1 aromatic carbocycles. The molecule has 25 heavy (non-hydrogen) atoms. The number of methoxy groups -OCH3 is 1. The fourth-order valence-electron chi connectivity index (χ4n) is 3.52. The Morgan fingerprint density at radius 1 is 1.20 bits per heavy atom. The number of hydrogen-bond acceptors (Lipinski definition) is 5. The van der Waals surface area contributed by atoms with Crippen molar-refractivity contribution in [3.63, 3.8) is 0 Å². The lowest BCUT2D eigenvalue weighted by atomic mass is 9.75. The number of esters is 1. The molecule has 1 aliphatic heterocycles. The summed E-state index contributed by atoms with van der Waals surface area (Å²) in [6, 6.07) is 6.28. The predicted octanol–water partition coefficient (Wildman–Crippen LogP) is 2.53. The van der Waals surface area contributed by atoms with Gasteiger partial charge in [-0.1, -0.05) is 12.1 Å². The number of ether oxygens (including phenoxy) is 1. The van der Waals surface area contributed by atoms with E-state index in [9.17, 15) is 14.4 Å². The van der Waals surface area contributed by atoms with Gasteiger partial charge in [0.15, 0.2) is 5.78 Å². The monoisotopic (exact) mass is 341 g/mol. The largest absolute Gasteiger partial charge is 0.478 e. The summed E-state index contributed by atoms with van der Waals surface area (Å²) < 4.78 is 4.92. The van der Waals surface area contributed by atoms with E-state index >= 15 is 0 Å². The van der Waals surface area contributed by atoms with Crippen LogP contribution in [0.3, 0.4) is 0 Å². The molecule has 1 aromatic rings. The smallest absolute Gasteiger partial charge is 0.336 e. The summed E-state index contributed by atoms with van der Waals surface area (Å²) in [5.74, 6) is -2.05. The molecule has 1 heterocycles. The van der Waals surface area contributed by atoms with Crippen molar-refractivity contribution in [2.45, 2.75) is 32.1 Å². The Morgan fingerprint density at radius 2 is 1.88 bits per heavy atom. The maximum atomic E-state index is 12.6. The predicted molar refractivity (Wildman–Crippen MR) is 89.9 cm³/mol. The second-order valence-electron chi connectivity index (χ2n) is 6.18. The van der Waals surface area contributed by atoms with E-state index in [1.165, 1.54) is 19.2 Å². The highest BCUT2D eigenvalue weighted by atomic mass is 16.5. The van der Waals surface area contributed by atoms with Crippen LogP contribution in [0.25, 0.3) is 0 Å². The summed E-state index contributed by atoms with van der Waals surface area (Å²) in [5, 5.41) is 12.3. The van der Waals surface area contributed by atoms with E-state index in [0.717, 1.165) is 18.5 Å². The first-order valence-corrected chi connectivity index (χ1v) is 8.09. The van der Waals surface area contributed by atoms with Crippen molar-refractivity contribution >= 4 is 17.7 Å². The molecule has 0 radical (unpaired) electrons. The van der Waals surface area contributed by atoms with Gasteiger partial charge in [-0.3, -0.25) is 4.79 Å². The first-order valence-electron chi connectivity index (χ1n) is 8.09. The van der Waals surface area contributed by atoms with Crippen molar-refractivity contribution < 1.29 is 24.2 Å². The van der Waals surface area contributed by atoms with Gasteiger partial charge in [0, 0.05) is 29.3 Å². The van der Waals surface area contributed by atoms with E-state index in [1.807, 2.05) is 0 Å². The van der Waals surface area contributed by atoms with E-state index in [2.05, 4.69) is 5.32 Å². The van der Waals surface area contributed by atoms with Crippen LogP contribution in [0.4, 0.5) is 0 Å². The van der Waals surface area contributed by atoms with Crippen LogP contribution in [0.5, 0.6) is 0 Å². The van der Waals surface area contributed by atoms with Crippen molar-refractivity contribution in [1.29, 1.82) is 0 Å². The molecule has 1 atom stereocenters. The summed E-state index contributed by atoms with van der Waals surface area (Å²) in [5.41, 5.74) is 3.33. The molecule has 6 heteroatoms. The maximum Gasteiger partial charge on any atom is 0.336 e. The summed E-state index contributed by atoms with van der Waals surface area (Å²) in [7, 11) is 1.31. The van der Waals surface area contributed by atoms with Crippen LogP contribution >= 0.6 is 0 Å². The average Bonchev–Trinajstić information content (AvgIpc) is 2.60. The zero-order valence-electron chi connectivity index (χ0n) is 14.1. The van der Waals surface area contributed by atoms with E-state index in [1.54, 1.807) is 19.1 Å². The number of carboxylic acids is 1. The van der Waals surface area contributed by atoms with Crippen LogP contribution < -0.4 is 5.32 Å². The molecule has 1 unspecified atom stereocenters. The molecule has 0 fully saturated rings. The zero-order valence-corrected chi connectivity index (χ0v) is 14.1. The summed E-state index contributed by atoms with van der Waals surface area (Å²) >= 11 is 0. The molecule has 6 nitrogen and oxygen atoms in total. The lowest BCUT2D eigenvalue weighted by Gasteiger charge is -2.34. The van der Waals surface area contributed by atoms with Gasteiger partial charge in [-0.15, -0.1) is 0 Å². The zero-order chi connectivity index (χ0) is 18.1. The first kappa shape index (κ1) is 17.0. The van der Waals surface area contributed by atoms with E-state index in [4.69, 9.17) is 9.84 Å². The number of allylic oxidation sites excluding steroid dienone is 3. The van der Waals surface area contributed by atoms with Gasteiger partial charge in [0.2, 0.25) is 0 Å². The molecule has 0 spiro atoms. The molecule has 2 aliphatic rings. The van der Waals surface area contributed by atoms with Crippen LogP contribution in [-0.4, -0.2) is 29.9 Å². The van der Waals surface area contributed by atoms with E-state index in [0.29, 0.717) is 28.8 Å². The van der Waals surface area contributed by atoms with Gasteiger partial charge in [-0.2, -0.15) is 0 Å². The molecule has 3 rings (SSSR count). The van der Waals surface area contributed by atoms with Crippen molar-refractivity contribution in [2.24, 2.45) is 0 Å². The van der Waals surface area contributed by atoms with E-state index in [-0.39, 0.29) is 11.3 Å². The Labute approximate surface area is 145 Å². The molecule has 0 saturated carbocycles. The standard InChI is InChI=1S/C19H19NO5/c1-10-15(19(24)25-2)16(11-6-8-12(9-7-11)18(22)23)17-13(20-10)4-3-5-14(17)21/h6-9,16,20H,3-5H2,1-2H3,(H,22,23). The Hall–Kier alpha value is -2.89. The third-order valence-electron chi connectivity index (χ3n) is 4.67. The van der Waals surface area contributed by atoms with Gasteiger partial charge >= 0.3 is 11.9 Å². The first-order chi connectivity index (χ1) is 11.9. The lowest BCUT2D eigenvalue weighted by molar-refractivity contribution is -0.136. The Kier molecular flexibility index (Phi) is 4.44. The number of Topliss-reactive ketones (excluding diaryl/α,β-unsaturated/α-hetero) is 1. The van der Waals surface area contributed by atoms with Crippen LogP contribution in [-0.2, 0) is 14.3 Å².